The molecule has 244 valence electrons. The number of sulfonamides is 1. The predicted octanol–water partition coefficient (Wildman–Crippen LogP) is 6.71. The number of halogens is 2. The number of imidazole rings is 1. The van der Waals surface area contributed by atoms with E-state index in [9.17, 15) is 22.0 Å². The van der Waals surface area contributed by atoms with E-state index in [2.05, 4.69) is 20.2 Å². The molecule has 0 bridgehead atoms. The number of allylic oxidation sites excluding steroid dienone is 1. The number of thioether (sulfide) groups is 1. The Morgan fingerprint density at radius 1 is 1.04 bits per heavy atom. The van der Waals surface area contributed by atoms with Crippen molar-refractivity contribution in [2.75, 3.05) is 17.3 Å². The highest BCUT2D eigenvalue weighted by atomic mass is 32.2. The van der Waals surface area contributed by atoms with Crippen molar-refractivity contribution >= 4 is 45.0 Å². The normalized spacial score (nSPS) is 12.6. The molecule has 2 heterocycles. The SMILES string of the molecule is CSCC[C@H](Nc1ccc(/C=C(/Cn2ccnc2)c2ccc(F)cc2)cc1-c1ccc(F)cc1)C(=O)NS(=O)(=O)c1c(C)noc1C. The number of hydrogen-bond acceptors (Lipinski definition) is 8. The third-order valence-electron chi connectivity index (χ3n) is 7.40. The molecule has 0 fully saturated rings. The van der Waals surface area contributed by atoms with Gasteiger partial charge < -0.3 is 14.4 Å². The molecule has 0 saturated heterocycles. The fourth-order valence-electron chi connectivity index (χ4n) is 5.11. The zero-order valence-electron chi connectivity index (χ0n) is 25.9. The van der Waals surface area contributed by atoms with Crippen LogP contribution in [0, 0.1) is 25.5 Å². The van der Waals surface area contributed by atoms with Gasteiger partial charge in [0.2, 0.25) is 0 Å². The van der Waals surface area contributed by atoms with Crippen molar-refractivity contribution in [1.29, 1.82) is 0 Å². The molecule has 0 aliphatic heterocycles. The maximum absolute atomic E-state index is 14.0. The molecular formula is C34H33F2N5O4S2. The van der Waals surface area contributed by atoms with Crippen molar-refractivity contribution < 1.29 is 26.5 Å². The molecule has 2 N–H and O–H groups in total. The van der Waals surface area contributed by atoms with Gasteiger partial charge in [-0.25, -0.2) is 26.9 Å². The molecule has 0 saturated carbocycles. The molecule has 2 aromatic heterocycles. The second-order valence-electron chi connectivity index (χ2n) is 10.8. The number of benzene rings is 3. The molecule has 0 spiro atoms. The predicted molar refractivity (Wildman–Crippen MR) is 180 cm³/mol. The number of amides is 1. The lowest BCUT2D eigenvalue weighted by molar-refractivity contribution is -0.120. The van der Waals surface area contributed by atoms with Crippen molar-refractivity contribution in [2.45, 2.75) is 37.8 Å². The fourth-order valence-corrected chi connectivity index (χ4v) is 6.94. The van der Waals surface area contributed by atoms with Gasteiger partial charge in [0, 0.05) is 30.2 Å². The van der Waals surface area contributed by atoms with Crippen molar-refractivity contribution in [3.8, 4) is 11.1 Å². The van der Waals surface area contributed by atoms with E-state index in [1.54, 1.807) is 42.9 Å². The Morgan fingerprint density at radius 3 is 2.36 bits per heavy atom. The molecule has 13 heteroatoms. The van der Waals surface area contributed by atoms with Gasteiger partial charge >= 0.3 is 0 Å². The van der Waals surface area contributed by atoms with Crippen LogP contribution in [0.1, 0.15) is 29.0 Å². The lowest BCUT2D eigenvalue weighted by atomic mass is 9.97. The van der Waals surface area contributed by atoms with E-state index in [1.807, 2.05) is 35.2 Å². The summed E-state index contributed by atoms with van der Waals surface area (Å²) in [6.07, 6.45) is 9.38. The Bertz CT molecular complexity index is 1960. The Hall–Kier alpha value is -4.75. The quantitative estimate of drug-likeness (QED) is 0.132. The molecule has 3 aromatic carbocycles. The summed E-state index contributed by atoms with van der Waals surface area (Å²) in [7, 11) is -4.26. The molecule has 0 aliphatic carbocycles. The van der Waals surface area contributed by atoms with Crippen molar-refractivity contribution in [2.24, 2.45) is 0 Å². The molecule has 1 atom stereocenters. The average Bonchev–Trinajstić information content (AvgIpc) is 3.68. The maximum atomic E-state index is 14.0. The third-order valence-corrected chi connectivity index (χ3v) is 9.63. The van der Waals surface area contributed by atoms with Gasteiger partial charge in [-0.2, -0.15) is 11.8 Å². The van der Waals surface area contributed by atoms with Crippen LogP contribution in [0.4, 0.5) is 14.5 Å². The highest BCUT2D eigenvalue weighted by Crippen LogP contribution is 2.32. The average molecular weight is 678 g/mol. The number of nitrogens with one attached hydrogen (secondary N) is 2. The maximum Gasteiger partial charge on any atom is 0.269 e. The summed E-state index contributed by atoms with van der Waals surface area (Å²) in [6, 6.07) is 16.8. The van der Waals surface area contributed by atoms with E-state index < -0.39 is 27.8 Å². The Morgan fingerprint density at radius 2 is 1.74 bits per heavy atom. The minimum atomic E-state index is -4.26. The second kappa shape index (κ2) is 14.8. The number of anilines is 1. The van der Waals surface area contributed by atoms with Gasteiger partial charge in [-0.05, 0) is 97.0 Å². The largest absolute Gasteiger partial charge is 0.373 e. The van der Waals surface area contributed by atoms with Gasteiger partial charge in [0.15, 0.2) is 10.7 Å². The molecular weight excluding hydrogens is 645 g/mol. The number of rotatable bonds is 13. The van der Waals surface area contributed by atoms with Gasteiger partial charge in [-0.15, -0.1) is 0 Å². The van der Waals surface area contributed by atoms with Gasteiger partial charge in [-0.3, -0.25) is 4.79 Å². The van der Waals surface area contributed by atoms with Gasteiger partial charge in [0.25, 0.3) is 15.9 Å². The Kier molecular flexibility index (Phi) is 10.6. The number of hydrogen-bond donors (Lipinski definition) is 2. The van der Waals surface area contributed by atoms with E-state index in [-0.39, 0.29) is 22.2 Å². The number of carbonyl (C=O) groups is 1. The summed E-state index contributed by atoms with van der Waals surface area (Å²) in [5, 5.41) is 6.95. The van der Waals surface area contributed by atoms with Crippen molar-refractivity contribution in [3.63, 3.8) is 0 Å². The van der Waals surface area contributed by atoms with Crippen LogP contribution in [0.2, 0.25) is 0 Å². The first-order chi connectivity index (χ1) is 22.5. The van der Waals surface area contributed by atoms with Crippen LogP contribution in [-0.2, 0) is 21.4 Å². The van der Waals surface area contributed by atoms with Crippen LogP contribution in [0.15, 0.2) is 94.9 Å². The zero-order valence-corrected chi connectivity index (χ0v) is 27.5. The highest BCUT2D eigenvalue weighted by Gasteiger charge is 2.30. The van der Waals surface area contributed by atoms with Crippen molar-refractivity contribution in [1.82, 2.24) is 19.4 Å². The third kappa shape index (κ3) is 8.35. The molecule has 5 rings (SSSR count). The molecule has 47 heavy (non-hydrogen) atoms. The number of aromatic nitrogens is 3. The second-order valence-corrected chi connectivity index (χ2v) is 13.4. The first kappa shape index (κ1) is 33.6. The lowest BCUT2D eigenvalue weighted by Crippen LogP contribution is -2.43. The van der Waals surface area contributed by atoms with Crippen LogP contribution in [0.3, 0.4) is 0 Å². The molecule has 0 radical (unpaired) electrons. The standard InChI is InChI=1S/C34H33F2N5O4S2/c1-22-33(23(2)45-39-22)47(43,44)40-34(42)32(14-17-46-3)38-31-13-4-24(19-30(31)26-7-11-29(36)12-8-26)18-27(20-41-16-15-37-21-41)25-5-9-28(35)10-6-25/h4-13,15-16,18-19,21,32,38H,14,17,20H2,1-3H3,(H,40,42)/b27-18-/t32-/m0/s1. The molecule has 0 aliphatic rings. The molecule has 0 unspecified atom stereocenters. The molecule has 1 amide bonds. The van der Waals surface area contributed by atoms with Crippen LogP contribution >= 0.6 is 11.8 Å². The van der Waals surface area contributed by atoms with Crippen molar-refractivity contribution in [3.05, 3.63) is 120 Å². The minimum Gasteiger partial charge on any atom is -0.373 e. The van der Waals surface area contributed by atoms with Gasteiger partial charge in [0.1, 0.15) is 23.4 Å². The molecule has 5 aromatic rings. The Balaban J connectivity index is 1.53. The monoisotopic (exact) mass is 677 g/mol. The summed E-state index contributed by atoms with van der Waals surface area (Å²) >= 11 is 1.52. The van der Waals surface area contributed by atoms with Crippen LogP contribution in [-0.4, -0.2) is 47.1 Å². The van der Waals surface area contributed by atoms with E-state index in [1.165, 1.54) is 49.9 Å². The highest BCUT2D eigenvalue weighted by molar-refractivity contribution is 7.98. The number of nitrogens with zero attached hydrogens (tertiary/aromatic N) is 3. The van der Waals surface area contributed by atoms with Gasteiger partial charge in [-0.1, -0.05) is 35.5 Å². The summed E-state index contributed by atoms with van der Waals surface area (Å²) in [5.74, 6) is -0.846. The van der Waals surface area contributed by atoms with E-state index in [0.717, 1.165) is 16.7 Å². The minimum absolute atomic E-state index is 0.0757. The van der Waals surface area contributed by atoms with E-state index in [0.29, 0.717) is 35.5 Å². The smallest absolute Gasteiger partial charge is 0.269 e. The van der Waals surface area contributed by atoms with Crippen LogP contribution in [0.25, 0.3) is 22.8 Å². The summed E-state index contributed by atoms with van der Waals surface area (Å²) in [4.78, 5) is 17.5. The Labute approximate surface area is 276 Å². The summed E-state index contributed by atoms with van der Waals surface area (Å²) in [5.41, 5.74) is 4.52. The van der Waals surface area contributed by atoms with Crippen LogP contribution < -0.4 is 10.0 Å². The van der Waals surface area contributed by atoms with E-state index >= 15 is 0 Å². The topological polar surface area (TPSA) is 119 Å². The first-order valence-corrected chi connectivity index (χ1v) is 17.5. The van der Waals surface area contributed by atoms with E-state index in [4.69, 9.17) is 4.52 Å². The summed E-state index contributed by atoms with van der Waals surface area (Å²) in [6.45, 7) is 3.42. The molecule has 9 nitrogen and oxygen atoms in total. The number of carbonyl (C=O) groups excluding carboxylic acids is 1. The fraction of sp³-hybridized carbons (Fsp3) is 0.206. The zero-order chi connectivity index (χ0) is 33.6. The van der Waals surface area contributed by atoms with Crippen LogP contribution in [0.5, 0.6) is 0 Å². The summed E-state index contributed by atoms with van der Waals surface area (Å²) < 4.78 is 63.1. The number of aryl methyl sites for hydroxylation is 2. The lowest BCUT2D eigenvalue weighted by Gasteiger charge is -2.22. The van der Waals surface area contributed by atoms with Gasteiger partial charge in [0.05, 0.1) is 6.33 Å². The first-order valence-electron chi connectivity index (χ1n) is 14.6.